The lowest BCUT2D eigenvalue weighted by atomic mass is 10.1. The number of carbonyl (C=O) groups excluding carboxylic acids is 2. The second-order valence-electron chi connectivity index (χ2n) is 4.56. The fourth-order valence-corrected chi connectivity index (χ4v) is 2.03. The average Bonchev–Trinajstić information content (AvgIpc) is 2.64. The first-order chi connectivity index (χ1) is 8.06. The summed E-state index contributed by atoms with van der Waals surface area (Å²) in [5.41, 5.74) is 7.49. The molecule has 1 aromatic rings. The van der Waals surface area contributed by atoms with Gasteiger partial charge in [-0.1, -0.05) is 29.8 Å². The quantitative estimate of drug-likeness (QED) is 0.839. The maximum absolute atomic E-state index is 11.7. The molecule has 90 valence electrons. The zero-order valence-electron chi connectivity index (χ0n) is 9.85. The van der Waals surface area contributed by atoms with Crippen molar-refractivity contribution in [1.82, 2.24) is 4.90 Å². The van der Waals surface area contributed by atoms with Gasteiger partial charge in [0, 0.05) is 19.5 Å². The van der Waals surface area contributed by atoms with Crippen molar-refractivity contribution in [3.05, 3.63) is 35.4 Å². The maximum atomic E-state index is 11.7. The van der Waals surface area contributed by atoms with Gasteiger partial charge in [0.15, 0.2) is 0 Å². The largest absolute Gasteiger partial charge is 0.369 e. The van der Waals surface area contributed by atoms with Crippen molar-refractivity contribution in [3.8, 4) is 0 Å². The van der Waals surface area contributed by atoms with Gasteiger partial charge in [0.1, 0.15) is 0 Å². The lowest BCUT2D eigenvalue weighted by molar-refractivity contribution is -0.128. The van der Waals surface area contributed by atoms with Crippen LogP contribution in [0, 0.1) is 12.8 Å². The first-order valence-corrected chi connectivity index (χ1v) is 5.69. The zero-order chi connectivity index (χ0) is 12.4. The van der Waals surface area contributed by atoms with Crippen molar-refractivity contribution in [2.45, 2.75) is 19.9 Å². The standard InChI is InChI=1S/C13H16N2O2/c1-9-2-4-10(5-3-9)7-15-8-11(13(14)17)6-12(15)16/h2-5,11H,6-8H2,1H3,(H2,14,17). The van der Waals surface area contributed by atoms with Crippen LogP contribution in [0.1, 0.15) is 17.5 Å². The summed E-state index contributed by atoms with van der Waals surface area (Å²) in [7, 11) is 0. The van der Waals surface area contributed by atoms with Gasteiger partial charge in [0.05, 0.1) is 5.92 Å². The number of hydrogen-bond acceptors (Lipinski definition) is 2. The van der Waals surface area contributed by atoms with E-state index in [1.54, 1.807) is 4.90 Å². The van der Waals surface area contributed by atoms with Gasteiger partial charge in [-0.15, -0.1) is 0 Å². The molecule has 1 unspecified atom stereocenters. The molecule has 1 aromatic carbocycles. The van der Waals surface area contributed by atoms with Crippen molar-refractivity contribution in [2.24, 2.45) is 11.7 Å². The molecule has 0 saturated carbocycles. The summed E-state index contributed by atoms with van der Waals surface area (Å²) in [4.78, 5) is 24.4. The van der Waals surface area contributed by atoms with Crippen molar-refractivity contribution >= 4 is 11.8 Å². The molecular weight excluding hydrogens is 216 g/mol. The molecule has 2 rings (SSSR count). The number of nitrogens with zero attached hydrogens (tertiary/aromatic N) is 1. The van der Waals surface area contributed by atoms with Gasteiger partial charge in [-0.2, -0.15) is 0 Å². The molecule has 1 saturated heterocycles. The summed E-state index contributed by atoms with van der Waals surface area (Å²) in [6.07, 6.45) is 0.251. The summed E-state index contributed by atoms with van der Waals surface area (Å²) in [5, 5.41) is 0. The van der Waals surface area contributed by atoms with E-state index in [2.05, 4.69) is 0 Å². The summed E-state index contributed by atoms with van der Waals surface area (Å²) in [6, 6.07) is 8.03. The van der Waals surface area contributed by atoms with Gasteiger partial charge in [0.25, 0.3) is 0 Å². The molecule has 2 N–H and O–H groups in total. The van der Waals surface area contributed by atoms with Crippen LogP contribution in [0.25, 0.3) is 0 Å². The van der Waals surface area contributed by atoms with E-state index in [1.165, 1.54) is 5.56 Å². The van der Waals surface area contributed by atoms with E-state index in [-0.39, 0.29) is 24.2 Å². The number of benzene rings is 1. The van der Waals surface area contributed by atoms with Gasteiger partial charge >= 0.3 is 0 Å². The molecule has 0 aliphatic carbocycles. The molecule has 0 aromatic heterocycles. The van der Waals surface area contributed by atoms with Crippen LogP contribution in [-0.4, -0.2) is 23.3 Å². The first-order valence-electron chi connectivity index (χ1n) is 5.69. The van der Waals surface area contributed by atoms with Crippen molar-refractivity contribution in [3.63, 3.8) is 0 Å². The Labute approximate surface area is 100 Å². The Morgan fingerprint density at radius 2 is 2.06 bits per heavy atom. The minimum atomic E-state index is -0.384. The molecule has 2 amide bonds. The fraction of sp³-hybridized carbons (Fsp3) is 0.385. The molecule has 1 atom stereocenters. The Morgan fingerprint density at radius 3 is 2.59 bits per heavy atom. The van der Waals surface area contributed by atoms with E-state index < -0.39 is 0 Å². The average molecular weight is 232 g/mol. The number of likely N-dealkylation sites (tertiary alicyclic amines) is 1. The number of nitrogens with two attached hydrogens (primary N) is 1. The van der Waals surface area contributed by atoms with E-state index in [0.717, 1.165) is 5.56 Å². The highest BCUT2D eigenvalue weighted by molar-refractivity contribution is 5.88. The smallest absolute Gasteiger partial charge is 0.223 e. The maximum Gasteiger partial charge on any atom is 0.223 e. The van der Waals surface area contributed by atoms with Crippen LogP contribution in [0.4, 0.5) is 0 Å². The molecule has 17 heavy (non-hydrogen) atoms. The molecule has 0 radical (unpaired) electrons. The Hall–Kier alpha value is -1.84. The molecule has 1 aliphatic rings. The molecule has 1 heterocycles. The Kier molecular flexibility index (Phi) is 3.13. The number of carbonyl (C=O) groups is 2. The predicted octanol–water partition coefficient (Wildman–Crippen LogP) is 0.829. The van der Waals surface area contributed by atoms with Crippen LogP contribution in [0.3, 0.4) is 0 Å². The predicted molar refractivity (Wildman–Crippen MR) is 63.9 cm³/mol. The van der Waals surface area contributed by atoms with Crippen molar-refractivity contribution in [2.75, 3.05) is 6.54 Å². The Bertz CT molecular complexity index is 439. The van der Waals surface area contributed by atoms with E-state index in [0.29, 0.717) is 13.1 Å². The lowest BCUT2D eigenvalue weighted by Crippen LogP contribution is -2.28. The lowest BCUT2D eigenvalue weighted by Gasteiger charge is -2.16. The number of rotatable bonds is 3. The summed E-state index contributed by atoms with van der Waals surface area (Å²) < 4.78 is 0. The van der Waals surface area contributed by atoms with Crippen LogP contribution in [0.15, 0.2) is 24.3 Å². The van der Waals surface area contributed by atoms with Gasteiger partial charge in [-0.25, -0.2) is 0 Å². The highest BCUT2D eigenvalue weighted by Gasteiger charge is 2.32. The second-order valence-corrected chi connectivity index (χ2v) is 4.56. The zero-order valence-corrected chi connectivity index (χ0v) is 9.85. The first kappa shape index (κ1) is 11.6. The molecule has 0 spiro atoms. The summed E-state index contributed by atoms with van der Waals surface area (Å²) >= 11 is 0. The van der Waals surface area contributed by atoms with Crippen LogP contribution in [-0.2, 0) is 16.1 Å². The van der Waals surface area contributed by atoms with Crippen LogP contribution in [0.5, 0.6) is 0 Å². The molecule has 1 aliphatic heterocycles. The van der Waals surface area contributed by atoms with Crippen LogP contribution >= 0.6 is 0 Å². The number of amides is 2. The second kappa shape index (κ2) is 4.57. The molecule has 0 bridgehead atoms. The van der Waals surface area contributed by atoms with E-state index in [1.807, 2.05) is 31.2 Å². The summed E-state index contributed by atoms with van der Waals surface area (Å²) in [6.45, 7) is 3.03. The Morgan fingerprint density at radius 1 is 1.41 bits per heavy atom. The molecular formula is C13H16N2O2. The highest BCUT2D eigenvalue weighted by atomic mass is 16.2. The minimum absolute atomic E-state index is 0.00868. The normalized spacial score (nSPS) is 19.7. The Balaban J connectivity index is 2.02. The molecule has 1 fully saturated rings. The van der Waals surface area contributed by atoms with Gasteiger partial charge in [-0.3, -0.25) is 9.59 Å². The molecule has 4 nitrogen and oxygen atoms in total. The summed E-state index contributed by atoms with van der Waals surface area (Å²) in [5.74, 6) is -0.702. The number of aryl methyl sites for hydroxylation is 1. The minimum Gasteiger partial charge on any atom is -0.369 e. The van der Waals surface area contributed by atoms with E-state index in [4.69, 9.17) is 5.73 Å². The third kappa shape index (κ3) is 2.64. The van der Waals surface area contributed by atoms with Gasteiger partial charge in [0.2, 0.25) is 11.8 Å². The fourth-order valence-electron chi connectivity index (χ4n) is 2.03. The van der Waals surface area contributed by atoms with E-state index in [9.17, 15) is 9.59 Å². The van der Waals surface area contributed by atoms with Crippen molar-refractivity contribution in [1.29, 1.82) is 0 Å². The third-order valence-electron chi connectivity index (χ3n) is 3.11. The van der Waals surface area contributed by atoms with E-state index >= 15 is 0 Å². The van der Waals surface area contributed by atoms with Gasteiger partial charge in [-0.05, 0) is 12.5 Å². The SMILES string of the molecule is Cc1ccc(CN2CC(C(N)=O)CC2=O)cc1. The third-order valence-corrected chi connectivity index (χ3v) is 3.11. The van der Waals surface area contributed by atoms with Crippen LogP contribution < -0.4 is 5.73 Å². The van der Waals surface area contributed by atoms with Gasteiger partial charge < -0.3 is 10.6 Å². The topological polar surface area (TPSA) is 63.4 Å². The van der Waals surface area contributed by atoms with Crippen LogP contribution in [0.2, 0.25) is 0 Å². The molecule has 4 heteroatoms. The number of hydrogen-bond donors (Lipinski definition) is 1. The van der Waals surface area contributed by atoms with Crippen molar-refractivity contribution < 1.29 is 9.59 Å². The highest BCUT2D eigenvalue weighted by Crippen LogP contribution is 2.19. The number of primary amides is 1. The monoisotopic (exact) mass is 232 g/mol.